The van der Waals surface area contributed by atoms with E-state index in [-0.39, 0.29) is 0 Å². The Bertz CT molecular complexity index is 572. The van der Waals surface area contributed by atoms with Crippen LogP contribution in [0.4, 0.5) is 0 Å². The standard InChI is InChI=1S/C14H18BrN3OS/c1-9-3-10(2)6-18(5-9)7-13-16-14(17-19-13)12-4-11(15)8-20-12/h4,8-10H,3,5-7H2,1-2H3. The molecular weight excluding hydrogens is 338 g/mol. The van der Waals surface area contributed by atoms with Gasteiger partial charge in [0, 0.05) is 22.9 Å². The summed E-state index contributed by atoms with van der Waals surface area (Å²) in [5.41, 5.74) is 0. The van der Waals surface area contributed by atoms with Crippen molar-refractivity contribution in [2.75, 3.05) is 13.1 Å². The third kappa shape index (κ3) is 3.30. The lowest BCUT2D eigenvalue weighted by atomic mass is 9.92. The van der Waals surface area contributed by atoms with Crippen LogP contribution < -0.4 is 0 Å². The third-order valence-corrected chi connectivity index (χ3v) is 5.25. The minimum absolute atomic E-state index is 0.689. The summed E-state index contributed by atoms with van der Waals surface area (Å²) in [4.78, 5) is 7.96. The number of nitrogens with zero attached hydrogens (tertiary/aromatic N) is 3. The first-order valence-electron chi connectivity index (χ1n) is 6.89. The number of rotatable bonds is 3. The molecule has 0 spiro atoms. The molecule has 0 saturated carbocycles. The van der Waals surface area contributed by atoms with Gasteiger partial charge in [-0.1, -0.05) is 19.0 Å². The molecule has 2 unspecified atom stereocenters. The first kappa shape index (κ1) is 14.2. The molecule has 0 aliphatic carbocycles. The summed E-state index contributed by atoms with van der Waals surface area (Å²) >= 11 is 5.06. The van der Waals surface area contributed by atoms with Crippen LogP contribution in [0.15, 0.2) is 20.4 Å². The van der Waals surface area contributed by atoms with Gasteiger partial charge in [-0.25, -0.2) is 0 Å². The van der Waals surface area contributed by atoms with Gasteiger partial charge in [0.25, 0.3) is 0 Å². The number of likely N-dealkylation sites (tertiary alicyclic amines) is 1. The van der Waals surface area contributed by atoms with E-state index in [9.17, 15) is 0 Å². The maximum atomic E-state index is 5.39. The fraction of sp³-hybridized carbons (Fsp3) is 0.571. The van der Waals surface area contributed by atoms with Crippen LogP contribution in [-0.4, -0.2) is 28.1 Å². The van der Waals surface area contributed by atoms with Crippen LogP contribution in [0.1, 0.15) is 26.2 Å². The van der Waals surface area contributed by atoms with Crippen LogP contribution in [0.5, 0.6) is 0 Å². The number of aromatic nitrogens is 2. The van der Waals surface area contributed by atoms with Crippen molar-refractivity contribution in [1.82, 2.24) is 15.0 Å². The van der Waals surface area contributed by atoms with Crippen molar-refractivity contribution >= 4 is 27.3 Å². The molecule has 0 amide bonds. The lowest BCUT2D eigenvalue weighted by molar-refractivity contribution is 0.121. The minimum atomic E-state index is 0.689. The van der Waals surface area contributed by atoms with Crippen molar-refractivity contribution in [2.24, 2.45) is 11.8 Å². The molecule has 1 fully saturated rings. The molecule has 1 aliphatic rings. The van der Waals surface area contributed by atoms with Crippen molar-refractivity contribution in [3.8, 4) is 10.7 Å². The summed E-state index contributed by atoms with van der Waals surface area (Å²) < 4.78 is 6.45. The molecule has 0 bridgehead atoms. The number of halogens is 1. The Kier molecular flexibility index (Phi) is 4.23. The summed E-state index contributed by atoms with van der Waals surface area (Å²) in [7, 11) is 0. The fourth-order valence-electron chi connectivity index (χ4n) is 2.96. The molecular formula is C14H18BrN3OS. The Morgan fingerprint density at radius 2 is 2.15 bits per heavy atom. The molecule has 0 radical (unpaired) electrons. The smallest absolute Gasteiger partial charge is 0.241 e. The van der Waals surface area contributed by atoms with Gasteiger partial charge in [0.2, 0.25) is 11.7 Å². The zero-order chi connectivity index (χ0) is 14.1. The van der Waals surface area contributed by atoms with Crippen molar-refractivity contribution in [1.29, 1.82) is 0 Å². The van der Waals surface area contributed by atoms with Crippen LogP contribution in [0, 0.1) is 11.8 Å². The first-order chi connectivity index (χ1) is 9.60. The maximum absolute atomic E-state index is 5.39. The first-order valence-corrected chi connectivity index (χ1v) is 8.56. The van der Waals surface area contributed by atoms with Gasteiger partial charge in [0.05, 0.1) is 11.4 Å². The average molecular weight is 356 g/mol. The molecule has 1 saturated heterocycles. The predicted octanol–water partition coefficient (Wildman–Crippen LogP) is 4.04. The highest BCUT2D eigenvalue weighted by Gasteiger charge is 2.23. The van der Waals surface area contributed by atoms with Crippen LogP contribution >= 0.6 is 27.3 Å². The van der Waals surface area contributed by atoms with Gasteiger partial charge in [-0.05, 0) is 40.3 Å². The van der Waals surface area contributed by atoms with E-state index in [0.717, 1.165) is 40.8 Å². The second-order valence-corrected chi connectivity index (χ2v) is 7.61. The molecule has 2 atom stereocenters. The summed E-state index contributed by atoms with van der Waals surface area (Å²) in [5, 5.41) is 6.11. The Balaban J connectivity index is 1.68. The predicted molar refractivity (Wildman–Crippen MR) is 83.5 cm³/mol. The highest BCUT2D eigenvalue weighted by molar-refractivity contribution is 9.10. The molecule has 0 N–H and O–H groups in total. The van der Waals surface area contributed by atoms with E-state index in [2.05, 4.69) is 44.8 Å². The Hall–Kier alpha value is -0.720. The van der Waals surface area contributed by atoms with Gasteiger partial charge < -0.3 is 4.52 Å². The van der Waals surface area contributed by atoms with Gasteiger partial charge in [-0.3, -0.25) is 4.90 Å². The zero-order valence-corrected chi connectivity index (χ0v) is 14.1. The Morgan fingerprint density at radius 3 is 2.80 bits per heavy atom. The molecule has 2 aromatic heterocycles. The molecule has 108 valence electrons. The van der Waals surface area contributed by atoms with Crippen molar-refractivity contribution in [2.45, 2.75) is 26.8 Å². The Morgan fingerprint density at radius 1 is 1.40 bits per heavy atom. The van der Waals surface area contributed by atoms with Crippen molar-refractivity contribution in [3.05, 3.63) is 21.8 Å². The number of hydrogen-bond donors (Lipinski definition) is 0. The van der Waals surface area contributed by atoms with Gasteiger partial charge in [-0.15, -0.1) is 11.3 Å². The fourth-order valence-corrected chi connectivity index (χ4v) is 4.31. The van der Waals surface area contributed by atoms with Gasteiger partial charge in [-0.2, -0.15) is 4.98 Å². The lowest BCUT2D eigenvalue weighted by Gasteiger charge is -2.33. The Labute approximate surface area is 131 Å². The molecule has 0 aromatic carbocycles. The van der Waals surface area contributed by atoms with Crippen molar-refractivity contribution < 1.29 is 4.52 Å². The molecule has 3 heterocycles. The van der Waals surface area contributed by atoms with Crippen LogP contribution in [0.25, 0.3) is 10.7 Å². The van der Waals surface area contributed by atoms with E-state index in [4.69, 9.17) is 4.52 Å². The second kappa shape index (κ2) is 5.95. The molecule has 3 rings (SSSR count). The van der Waals surface area contributed by atoms with Crippen LogP contribution in [0.3, 0.4) is 0 Å². The second-order valence-electron chi connectivity index (χ2n) is 5.78. The zero-order valence-electron chi connectivity index (χ0n) is 11.7. The number of thiophene rings is 1. The van der Waals surface area contributed by atoms with Gasteiger partial charge in [0.1, 0.15) is 0 Å². The summed E-state index contributed by atoms with van der Waals surface area (Å²) in [6, 6.07) is 2.02. The SMILES string of the molecule is CC1CC(C)CN(Cc2nc(-c3cc(Br)cs3)no2)C1. The minimum Gasteiger partial charge on any atom is -0.338 e. The van der Waals surface area contributed by atoms with Gasteiger partial charge >= 0.3 is 0 Å². The topological polar surface area (TPSA) is 42.2 Å². The van der Waals surface area contributed by atoms with Crippen molar-refractivity contribution in [3.63, 3.8) is 0 Å². The number of hydrogen-bond acceptors (Lipinski definition) is 5. The van der Waals surface area contributed by atoms with E-state index >= 15 is 0 Å². The van der Waals surface area contributed by atoms with E-state index in [1.54, 1.807) is 11.3 Å². The normalized spacial score (nSPS) is 24.1. The molecule has 1 aliphatic heterocycles. The largest absolute Gasteiger partial charge is 0.338 e. The summed E-state index contributed by atoms with van der Waals surface area (Å²) in [5.74, 6) is 2.89. The molecule has 2 aromatic rings. The quantitative estimate of drug-likeness (QED) is 0.833. The number of piperidine rings is 1. The monoisotopic (exact) mass is 355 g/mol. The summed E-state index contributed by atoms with van der Waals surface area (Å²) in [6.45, 7) is 7.61. The molecule has 4 nitrogen and oxygen atoms in total. The van der Waals surface area contributed by atoms with Gasteiger partial charge in [0.15, 0.2) is 0 Å². The lowest BCUT2D eigenvalue weighted by Crippen LogP contribution is -2.38. The molecule has 6 heteroatoms. The molecule has 20 heavy (non-hydrogen) atoms. The van der Waals surface area contributed by atoms with E-state index in [1.165, 1.54) is 6.42 Å². The van der Waals surface area contributed by atoms with Crippen LogP contribution in [0.2, 0.25) is 0 Å². The highest BCUT2D eigenvalue weighted by Crippen LogP contribution is 2.28. The van der Waals surface area contributed by atoms with E-state index < -0.39 is 0 Å². The van der Waals surface area contributed by atoms with E-state index in [0.29, 0.717) is 11.7 Å². The van der Waals surface area contributed by atoms with E-state index in [1.807, 2.05) is 11.4 Å². The highest BCUT2D eigenvalue weighted by atomic mass is 79.9. The summed E-state index contributed by atoms with van der Waals surface area (Å²) in [6.07, 6.45) is 1.31. The van der Waals surface area contributed by atoms with Crippen LogP contribution in [-0.2, 0) is 6.54 Å². The third-order valence-electron chi connectivity index (χ3n) is 3.56. The average Bonchev–Trinajstić information content (AvgIpc) is 2.96. The maximum Gasteiger partial charge on any atom is 0.241 e.